The number of amides is 1. The van der Waals surface area contributed by atoms with Crippen molar-refractivity contribution in [1.29, 1.82) is 0 Å². The Labute approximate surface area is 127 Å². The first-order valence-corrected chi connectivity index (χ1v) is 7.60. The molecule has 1 saturated carbocycles. The maximum atomic E-state index is 12.5. The van der Waals surface area contributed by atoms with E-state index >= 15 is 0 Å². The summed E-state index contributed by atoms with van der Waals surface area (Å²) in [6.07, 6.45) is 2.31. The van der Waals surface area contributed by atoms with Gasteiger partial charge in [-0.15, -0.1) is 0 Å². The highest BCUT2D eigenvalue weighted by atomic mass is 16.4. The molecule has 4 rings (SSSR count). The van der Waals surface area contributed by atoms with Crippen LogP contribution in [-0.4, -0.2) is 35.0 Å². The third-order valence-electron chi connectivity index (χ3n) is 5.17. The first-order valence-electron chi connectivity index (χ1n) is 7.60. The van der Waals surface area contributed by atoms with E-state index in [0.29, 0.717) is 24.4 Å². The van der Waals surface area contributed by atoms with Gasteiger partial charge in [0, 0.05) is 18.5 Å². The average Bonchev–Trinajstić information content (AvgIpc) is 3.06. The van der Waals surface area contributed by atoms with Crippen LogP contribution in [0.15, 0.2) is 34.7 Å². The minimum atomic E-state index is -0.697. The molecule has 2 heterocycles. The molecule has 22 heavy (non-hydrogen) atoms. The number of hydrogen-bond donors (Lipinski definition) is 1. The van der Waals surface area contributed by atoms with Crippen molar-refractivity contribution in [3.05, 3.63) is 36.1 Å². The fourth-order valence-electron chi connectivity index (χ4n) is 3.65. The van der Waals surface area contributed by atoms with E-state index in [1.165, 1.54) is 0 Å². The molecule has 1 aliphatic carbocycles. The highest BCUT2D eigenvalue weighted by molar-refractivity contribution is 5.96. The molecule has 5 heteroatoms. The number of likely N-dealkylation sites (tertiary alicyclic amines) is 1. The number of carbonyl (C=O) groups is 2. The molecular formula is C17H17NO4. The third kappa shape index (κ3) is 2.00. The summed E-state index contributed by atoms with van der Waals surface area (Å²) in [5, 5.41) is 10.0. The minimum absolute atomic E-state index is 0.0590. The van der Waals surface area contributed by atoms with Crippen LogP contribution in [0.1, 0.15) is 29.8 Å². The number of nitrogens with zero attached hydrogens (tertiary/aromatic N) is 1. The summed E-state index contributed by atoms with van der Waals surface area (Å²) in [5.41, 5.74) is 0.656. The van der Waals surface area contributed by atoms with Gasteiger partial charge >= 0.3 is 5.97 Å². The Balaban J connectivity index is 1.47. The van der Waals surface area contributed by atoms with Crippen molar-refractivity contribution < 1.29 is 19.1 Å². The second-order valence-corrected chi connectivity index (χ2v) is 6.40. The van der Waals surface area contributed by atoms with Gasteiger partial charge < -0.3 is 14.4 Å². The summed E-state index contributed by atoms with van der Waals surface area (Å²) in [7, 11) is 0. The quantitative estimate of drug-likeness (QED) is 0.925. The van der Waals surface area contributed by atoms with Crippen molar-refractivity contribution in [3.8, 4) is 0 Å². The first-order chi connectivity index (χ1) is 10.6. The number of benzene rings is 1. The van der Waals surface area contributed by atoms with Gasteiger partial charge in [-0.1, -0.05) is 18.2 Å². The van der Waals surface area contributed by atoms with Crippen LogP contribution in [0.3, 0.4) is 0 Å². The van der Waals surface area contributed by atoms with Crippen molar-refractivity contribution in [1.82, 2.24) is 4.90 Å². The first kappa shape index (κ1) is 13.4. The summed E-state index contributed by atoms with van der Waals surface area (Å²) in [6.45, 7) is 1.22. The number of carbonyl (C=O) groups excluding carboxylic acids is 1. The van der Waals surface area contributed by atoms with Crippen LogP contribution in [0.4, 0.5) is 0 Å². The average molecular weight is 299 g/mol. The molecule has 1 aromatic heterocycles. The van der Waals surface area contributed by atoms with E-state index < -0.39 is 5.97 Å². The monoisotopic (exact) mass is 299 g/mol. The molecule has 2 fully saturated rings. The smallest absolute Gasteiger partial charge is 0.307 e. The van der Waals surface area contributed by atoms with Crippen LogP contribution < -0.4 is 0 Å². The zero-order valence-electron chi connectivity index (χ0n) is 12.1. The Morgan fingerprint density at radius 3 is 2.59 bits per heavy atom. The van der Waals surface area contributed by atoms with E-state index in [1.54, 1.807) is 11.0 Å². The summed E-state index contributed by atoms with van der Waals surface area (Å²) in [5.74, 6) is -0.644. The lowest BCUT2D eigenvalue weighted by molar-refractivity contribution is -0.139. The number of hydrogen-bond acceptors (Lipinski definition) is 3. The SMILES string of the molecule is O=C(O)C1CC12CCN(C(=O)c1cc3ccccc3o1)CC2. The minimum Gasteiger partial charge on any atom is -0.481 e. The van der Waals surface area contributed by atoms with Crippen molar-refractivity contribution >= 4 is 22.8 Å². The van der Waals surface area contributed by atoms with Gasteiger partial charge in [-0.25, -0.2) is 0 Å². The predicted molar refractivity (Wildman–Crippen MR) is 79.5 cm³/mol. The largest absolute Gasteiger partial charge is 0.481 e. The Morgan fingerprint density at radius 2 is 1.95 bits per heavy atom. The van der Waals surface area contributed by atoms with Crippen LogP contribution in [0.25, 0.3) is 11.0 Å². The number of piperidine rings is 1. The van der Waals surface area contributed by atoms with Crippen LogP contribution in [-0.2, 0) is 4.79 Å². The number of aliphatic carboxylic acids is 1. The molecular weight excluding hydrogens is 282 g/mol. The van der Waals surface area contributed by atoms with Gasteiger partial charge in [-0.2, -0.15) is 0 Å². The fourth-order valence-corrected chi connectivity index (χ4v) is 3.65. The maximum Gasteiger partial charge on any atom is 0.307 e. The third-order valence-corrected chi connectivity index (χ3v) is 5.17. The van der Waals surface area contributed by atoms with E-state index in [-0.39, 0.29) is 17.2 Å². The zero-order valence-corrected chi connectivity index (χ0v) is 12.1. The summed E-state index contributed by atoms with van der Waals surface area (Å²) in [4.78, 5) is 25.4. The standard InChI is InChI=1S/C17H17NO4/c19-15(14-9-11-3-1-2-4-13(11)22-14)18-7-5-17(6-8-18)10-12(17)16(20)21/h1-4,9,12H,5-8,10H2,(H,20,21). The molecule has 114 valence electrons. The molecule has 0 radical (unpaired) electrons. The molecule has 1 saturated heterocycles. The van der Waals surface area contributed by atoms with Gasteiger partial charge in [-0.3, -0.25) is 9.59 Å². The molecule has 1 atom stereocenters. The van der Waals surface area contributed by atoms with Crippen LogP contribution in [0, 0.1) is 11.3 Å². The maximum absolute atomic E-state index is 12.5. The molecule has 5 nitrogen and oxygen atoms in total. The van der Waals surface area contributed by atoms with E-state index in [1.807, 2.05) is 24.3 Å². The lowest BCUT2D eigenvalue weighted by atomic mass is 9.90. The van der Waals surface area contributed by atoms with E-state index in [2.05, 4.69) is 0 Å². The van der Waals surface area contributed by atoms with Crippen molar-refractivity contribution in [2.24, 2.45) is 11.3 Å². The van der Waals surface area contributed by atoms with Crippen LogP contribution in [0.5, 0.6) is 0 Å². The molecule has 0 bridgehead atoms. The lowest BCUT2D eigenvalue weighted by Crippen LogP contribution is -2.39. The molecule has 1 N–H and O–H groups in total. The number of furan rings is 1. The molecule has 1 spiro atoms. The molecule has 2 aliphatic rings. The molecule has 1 unspecified atom stereocenters. The van der Waals surface area contributed by atoms with Gasteiger partial charge in [0.2, 0.25) is 0 Å². The summed E-state index contributed by atoms with van der Waals surface area (Å²) >= 11 is 0. The highest BCUT2D eigenvalue weighted by Crippen LogP contribution is 2.59. The van der Waals surface area contributed by atoms with E-state index in [0.717, 1.165) is 24.6 Å². The molecule has 1 aromatic carbocycles. The normalized spacial score (nSPS) is 22.9. The van der Waals surface area contributed by atoms with Gasteiger partial charge in [0.25, 0.3) is 5.91 Å². The highest BCUT2D eigenvalue weighted by Gasteiger charge is 2.59. The van der Waals surface area contributed by atoms with E-state index in [4.69, 9.17) is 9.52 Å². The van der Waals surface area contributed by atoms with Gasteiger partial charge in [0.05, 0.1) is 5.92 Å². The topological polar surface area (TPSA) is 70.8 Å². The molecule has 1 aliphatic heterocycles. The van der Waals surface area contributed by atoms with Gasteiger partial charge in [0.1, 0.15) is 5.58 Å². The Bertz CT molecular complexity index is 722. The van der Waals surface area contributed by atoms with Crippen LogP contribution in [0.2, 0.25) is 0 Å². The fraction of sp³-hybridized carbons (Fsp3) is 0.412. The molecule has 1 amide bonds. The summed E-state index contributed by atoms with van der Waals surface area (Å²) < 4.78 is 5.62. The van der Waals surface area contributed by atoms with Gasteiger partial charge in [-0.05, 0) is 36.8 Å². The number of carboxylic acids is 1. The van der Waals surface area contributed by atoms with E-state index in [9.17, 15) is 9.59 Å². The summed E-state index contributed by atoms with van der Waals surface area (Å²) in [6, 6.07) is 9.33. The lowest BCUT2D eigenvalue weighted by Gasteiger charge is -2.32. The predicted octanol–water partition coefficient (Wildman–Crippen LogP) is 2.76. The van der Waals surface area contributed by atoms with Crippen LogP contribution >= 0.6 is 0 Å². The Morgan fingerprint density at radius 1 is 1.23 bits per heavy atom. The molecule has 2 aromatic rings. The number of para-hydroxylation sites is 1. The Hall–Kier alpha value is -2.30. The van der Waals surface area contributed by atoms with Crippen molar-refractivity contribution in [2.75, 3.05) is 13.1 Å². The number of fused-ring (bicyclic) bond motifs is 1. The second kappa shape index (κ2) is 4.60. The number of rotatable bonds is 2. The van der Waals surface area contributed by atoms with Crippen molar-refractivity contribution in [2.45, 2.75) is 19.3 Å². The van der Waals surface area contributed by atoms with Gasteiger partial charge in [0.15, 0.2) is 5.76 Å². The Kier molecular flexibility index (Phi) is 2.79. The van der Waals surface area contributed by atoms with Crippen molar-refractivity contribution in [3.63, 3.8) is 0 Å². The number of carboxylic acid groups (broad SMARTS) is 1. The zero-order chi connectivity index (χ0) is 15.3. The second-order valence-electron chi connectivity index (χ2n) is 6.40.